The average molecular weight is 277 g/mol. The van der Waals surface area contributed by atoms with Gasteiger partial charge in [-0.05, 0) is 38.4 Å². The zero-order valence-corrected chi connectivity index (χ0v) is 11.8. The van der Waals surface area contributed by atoms with Crippen LogP contribution < -0.4 is 4.74 Å². The SMILES string of the molecule is CN1C2CCCC1(Oc1c(Cl)cccc1C#N)CC2. The van der Waals surface area contributed by atoms with Crippen LogP contribution in [0.1, 0.15) is 37.7 Å². The first kappa shape index (κ1) is 12.8. The number of para-hydroxylation sites is 1. The Morgan fingerprint density at radius 2 is 2.26 bits per heavy atom. The van der Waals surface area contributed by atoms with Gasteiger partial charge in [-0.1, -0.05) is 17.7 Å². The lowest BCUT2D eigenvalue weighted by Crippen LogP contribution is -2.52. The predicted octanol–water partition coefficient (Wildman–Crippen LogP) is 3.56. The van der Waals surface area contributed by atoms with E-state index in [4.69, 9.17) is 16.3 Å². The van der Waals surface area contributed by atoms with E-state index >= 15 is 0 Å². The van der Waals surface area contributed by atoms with Gasteiger partial charge in [0.2, 0.25) is 0 Å². The molecular formula is C15H17ClN2O. The van der Waals surface area contributed by atoms with Crippen molar-refractivity contribution in [2.24, 2.45) is 0 Å². The standard InChI is InChI=1S/C15H17ClN2O/c1-18-12-5-3-8-15(18,9-7-12)19-14-11(10-17)4-2-6-13(14)16/h2,4,6,12H,3,5,7-9H2,1H3. The molecule has 0 aliphatic carbocycles. The number of nitriles is 1. The average Bonchev–Trinajstić information content (AvgIpc) is 2.62. The van der Waals surface area contributed by atoms with Crippen LogP contribution in [0.2, 0.25) is 5.02 Å². The molecule has 1 aromatic rings. The maximum Gasteiger partial charge on any atom is 0.163 e. The van der Waals surface area contributed by atoms with Gasteiger partial charge in [-0.25, -0.2) is 0 Å². The van der Waals surface area contributed by atoms with E-state index in [0.717, 1.165) is 12.8 Å². The first-order chi connectivity index (χ1) is 9.16. The fourth-order valence-corrected chi connectivity index (χ4v) is 3.63. The summed E-state index contributed by atoms with van der Waals surface area (Å²) in [5.74, 6) is 0.543. The zero-order chi connectivity index (χ0) is 13.5. The molecule has 1 aromatic carbocycles. The molecule has 2 bridgehead atoms. The van der Waals surface area contributed by atoms with Crippen LogP contribution in [0.4, 0.5) is 0 Å². The molecular weight excluding hydrogens is 260 g/mol. The third-order valence-electron chi connectivity index (χ3n) is 4.54. The van der Waals surface area contributed by atoms with Crippen molar-refractivity contribution >= 4 is 11.6 Å². The first-order valence-electron chi connectivity index (χ1n) is 6.77. The molecule has 2 heterocycles. The highest BCUT2D eigenvalue weighted by molar-refractivity contribution is 6.32. The molecule has 2 aliphatic heterocycles. The van der Waals surface area contributed by atoms with Gasteiger partial charge in [0, 0.05) is 18.9 Å². The number of halogens is 1. The van der Waals surface area contributed by atoms with Crippen molar-refractivity contribution in [1.29, 1.82) is 5.26 Å². The van der Waals surface area contributed by atoms with Gasteiger partial charge in [0.15, 0.2) is 11.5 Å². The summed E-state index contributed by atoms with van der Waals surface area (Å²) in [5, 5.41) is 9.73. The van der Waals surface area contributed by atoms with Crippen molar-refractivity contribution in [2.45, 2.75) is 43.9 Å². The van der Waals surface area contributed by atoms with Crippen molar-refractivity contribution in [3.63, 3.8) is 0 Å². The van der Waals surface area contributed by atoms with Crippen molar-refractivity contribution in [3.05, 3.63) is 28.8 Å². The maximum atomic E-state index is 9.20. The van der Waals surface area contributed by atoms with Gasteiger partial charge in [0.1, 0.15) is 6.07 Å². The van der Waals surface area contributed by atoms with Crippen LogP contribution in [-0.2, 0) is 0 Å². The molecule has 0 radical (unpaired) electrons. The summed E-state index contributed by atoms with van der Waals surface area (Å²) in [7, 11) is 2.12. The third-order valence-corrected chi connectivity index (χ3v) is 4.84. The van der Waals surface area contributed by atoms with Crippen molar-refractivity contribution in [3.8, 4) is 11.8 Å². The Labute approximate surface area is 118 Å². The summed E-state index contributed by atoms with van der Waals surface area (Å²) in [6.07, 6.45) is 5.62. The smallest absolute Gasteiger partial charge is 0.163 e. The number of hydrogen-bond acceptors (Lipinski definition) is 3. The minimum Gasteiger partial charge on any atom is -0.470 e. The van der Waals surface area contributed by atoms with Gasteiger partial charge in [-0.15, -0.1) is 0 Å². The van der Waals surface area contributed by atoms with E-state index in [0.29, 0.717) is 22.4 Å². The van der Waals surface area contributed by atoms with Gasteiger partial charge >= 0.3 is 0 Å². The summed E-state index contributed by atoms with van der Waals surface area (Å²) in [4.78, 5) is 2.33. The molecule has 2 fully saturated rings. The molecule has 3 rings (SSSR count). The van der Waals surface area contributed by atoms with Crippen molar-refractivity contribution in [2.75, 3.05) is 7.05 Å². The van der Waals surface area contributed by atoms with Gasteiger partial charge in [-0.2, -0.15) is 5.26 Å². The molecule has 0 saturated carbocycles. The molecule has 0 spiro atoms. The molecule has 2 unspecified atom stereocenters. The van der Waals surface area contributed by atoms with Crippen LogP contribution in [0.5, 0.6) is 5.75 Å². The molecule has 2 atom stereocenters. The van der Waals surface area contributed by atoms with Crippen LogP contribution in [-0.4, -0.2) is 23.7 Å². The molecule has 0 amide bonds. The lowest BCUT2D eigenvalue weighted by molar-refractivity contribution is -0.0824. The Kier molecular flexibility index (Phi) is 3.16. The second kappa shape index (κ2) is 4.70. The highest BCUT2D eigenvalue weighted by Crippen LogP contribution is 2.45. The number of fused-ring (bicyclic) bond motifs is 2. The zero-order valence-electron chi connectivity index (χ0n) is 11.0. The second-order valence-corrected chi connectivity index (χ2v) is 5.88. The Hall–Kier alpha value is -1.24. The fourth-order valence-electron chi connectivity index (χ4n) is 3.41. The highest BCUT2D eigenvalue weighted by Gasteiger charge is 2.49. The Bertz CT molecular complexity index is 535. The van der Waals surface area contributed by atoms with Crippen LogP contribution >= 0.6 is 11.6 Å². The molecule has 100 valence electrons. The summed E-state index contributed by atoms with van der Waals surface area (Å²) >= 11 is 6.21. The number of benzene rings is 1. The van der Waals surface area contributed by atoms with E-state index in [-0.39, 0.29) is 5.72 Å². The third kappa shape index (κ3) is 2.00. The van der Waals surface area contributed by atoms with Crippen LogP contribution in [0, 0.1) is 11.3 Å². The van der Waals surface area contributed by atoms with Gasteiger partial charge in [-0.3, -0.25) is 4.90 Å². The molecule has 4 heteroatoms. The molecule has 3 nitrogen and oxygen atoms in total. The number of piperidine rings is 1. The van der Waals surface area contributed by atoms with E-state index in [9.17, 15) is 5.26 Å². The Balaban J connectivity index is 1.96. The molecule has 2 aliphatic rings. The number of nitrogens with zero attached hydrogens (tertiary/aromatic N) is 2. The van der Waals surface area contributed by atoms with E-state index in [2.05, 4.69) is 18.0 Å². The first-order valence-corrected chi connectivity index (χ1v) is 7.15. The summed E-state index contributed by atoms with van der Waals surface area (Å²) in [6, 6.07) is 8.10. The fraction of sp³-hybridized carbons (Fsp3) is 0.533. The summed E-state index contributed by atoms with van der Waals surface area (Å²) < 4.78 is 6.27. The lowest BCUT2D eigenvalue weighted by Gasteiger charge is -2.42. The number of rotatable bonds is 2. The van der Waals surface area contributed by atoms with Crippen LogP contribution in [0.25, 0.3) is 0 Å². The van der Waals surface area contributed by atoms with E-state index in [1.165, 1.54) is 19.3 Å². The van der Waals surface area contributed by atoms with E-state index in [1.54, 1.807) is 18.2 Å². The molecule has 0 aromatic heterocycles. The Morgan fingerprint density at radius 1 is 1.42 bits per heavy atom. The minimum absolute atomic E-state index is 0.264. The van der Waals surface area contributed by atoms with Gasteiger partial charge in [0.05, 0.1) is 10.6 Å². The van der Waals surface area contributed by atoms with Crippen molar-refractivity contribution < 1.29 is 4.74 Å². The van der Waals surface area contributed by atoms with E-state index < -0.39 is 0 Å². The summed E-state index contributed by atoms with van der Waals surface area (Å²) in [5.41, 5.74) is 0.253. The topological polar surface area (TPSA) is 36.3 Å². The van der Waals surface area contributed by atoms with Crippen LogP contribution in [0.3, 0.4) is 0 Å². The van der Waals surface area contributed by atoms with E-state index in [1.807, 2.05) is 0 Å². The summed E-state index contributed by atoms with van der Waals surface area (Å²) in [6.45, 7) is 0. The number of hydrogen-bond donors (Lipinski definition) is 0. The monoisotopic (exact) mass is 276 g/mol. The highest BCUT2D eigenvalue weighted by atomic mass is 35.5. The molecule has 19 heavy (non-hydrogen) atoms. The molecule has 0 N–H and O–H groups in total. The lowest BCUT2D eigenvalue weighted by atomic mass is 10.0. The van der Waals surface area contributed by atoms with Gasteiger partial charge in [0.25, 0.3) is 0 Å². The normalized spacial score (nSPS) is 30.1. The second-order valence-electron chi connectivity index (χ2n) is 5.47. The minimum atomic E-state index is -0.264. The van der Waals surface area contributed by atoms with Gasteiger partial charge < -0.3 is 4.74 Å². The number of ether oxygens (including phenoxy) is 1. The van der Waals surface area contributed by atoms with Crippen molar-refractivity contribution in [1.82, 2.24) is 4.90 Å². The molecule has 2 saturated heterocycles. The Morgan fingerprint density at radius 3 is 3.05 bits per heavy atom. The maximum absolute atomic E-state index is 9.20. The van der Waals surface area contributed by atoms with Crippen LogP contribution in [0.15, 0.2) is 18.2 Å². The predicted molar refractivity (Wildman–Crippen MR) is 74.2 cm³/mol. The largest absolute Gasteiger partial charge is 0.470 e. The quantitative estimate of drug-likeness (QED) is 0.829.